The van der Waals surface area contributed by atoms with Gasteiger partial charge in [-0.1, -0.05) is 0 Å². The zero-order chi connectivity index (χ0) is 11.0. The highest BCUT2D eigenvalue weighted by atomic mass is 19.1. The molecule has 0 radical (unpaired) electrons. The Kier molecular flexibility index (Phi) is 2.22. The lowest BCUT2D eigenvalue weighted by atomic mass is 10.1. The third-order valence-corrected chi connectivity index (χ3v) is 2.65. The molecule has 2 heterocycles. The molecule has 0 atom stereocenters. The van der Waals surface area contributed by atoms with E-state index in [0.29, 0.717) is 12.5 Å². The van der Waals surface area contributed by atoms with Gasteiger partial charge in [-0.15, -0.1) is 0 Å². The van der Waals surface area contributed by atoms with E-state index in [1.54, 1.807) is 6.07 Å². The molecule has 0 amide bonds. The number of benzene rings is 1. The summed E-state index contributed by atoms with van der Waals surface area (Å²) in [5.41, 5.74) is 1.75. The van der Waals surface area contributed by atoms with Crippen molar-refractivity contribution in [2.75, 3.05) is 13.2 Å². The van der Waals surface area contributed by atoms with Crippen molar-refractivity contribution in [3.63, 3.8) is 0 Å². The number of fused-ring (bicyclic) bond motifs is 2. The van der Waals surface area contributed by atoms with E-state index in [4.69, 9.17) is 4.74 Å². The molecule has 3 rings (SSSR count). The van der Waals surface area contributed by atoms with Crippen molar-refractivity contribution in [1.29, 1.82) is 0 Å². The summed E-state index contributed by atoms with van der Waals surface area (Å²) in [5, 5.41) is 4.04. The van der Waals surface area contributed by atoms with Crippen LogP contribution in [0.4, 0.5) is 4.39 Å². The molecule has 4 heteroatoms. The number of rotatable bonds is 0. The van der Waals surface area contributed by atoms with Crippen LogP contribution in [-0.2, 0) is 6.54 Å². The van der Waals surface area contributed by atoms with E-state index < -0.39 is 0 Å². The molecule has 0 fully saturated rings. The molecule has 0 unspecified atom stereocenters. The Morgan fingerprint density at radius 3 is 3.19 bits per heavy atom. The van der Waals surface area contributed by atoms with Crippen molar-refractivity contribution >= 4 is 10.9 Å². The summed E-state index contributed by atoms with van der Waals surface area (Å²) >= 11 is 0. The van der Waals surface area contributed by atoms with Gasteiger partial charge in [0.15, 0.2) is 0 Å². The van der Waals surface area contributed by atoms with Crippen LogP contribution in [-0.4, -0.2) is 18.1 Å². The molecule has 1 aromatic heterocycles. The molecule has 82 valence electrons. The van der Waals surface area contributed by atoms with E-state index in [-0.39, 0.29) is 5.82 Å². The predicted octanol–water partition coefficient (Wildman–Crippen LogP) is 1.86. The fourth-order valence-electron chi connectivity index (χ4n) is 1.87. The van der Waals surface area contributed by atoms with E-state index in [0.717, 1.165) is 29.6 Å². The quantitative estimate of drug-likeness (QED) is 0.732. The monoisotopic (exact) mass is 218 g/mol. The van der Waals surface area contributed by atoms with Gasteiger partial charge in [-0.3, -0.25) is 0 Å². The van der Waals surface area contributed by atoms with Gasteiger partial charge in [0.05, 0.1) is 5.52 Å². The zero-order valence-corrected chi connectivity index (χ0v) is 8.66. The molecular weight excluding hydrogens is 207 g/mol. The summed E-state index contributed by atoms with van der Waals surface area (Å²) in [7, 11) is 0. The highest BCUT2D eigenvalue weighted by molar-refractivity contribution is 5.80. The zero-order valence-electron chi connectivity index (χ0n) is 8.66. The second-order valence-corrected chi connectivity index (χ2v) is 3.81. The molecule has 1 N–H and O–H groups in total. The number of nitrogens with one attached hydrogen (secondary N) is 1. The number of pyridine rings is 1. The minimum absolute atomic E-state index is 0.239. The van der Waals surface area contributed by atoms with E-state index in [9.17, 15) is 4.39 Å². The van der Waals surface area contributed by atoms with Crippen LogP contribution < -0.4 is 10.1 Å². The molecule has 16 heavy (non-hydrogen) atoms. The van der Waals surface area contributed by atoms with Gasteiger partial charge in [0.25, 0.3) is 0 Å². The standard InChI is InChI=1S/C12H11FN2O/c13-10-1-2-11-8(6-10)5-9-7-14-3-4-16-12(9)15-11/h1-2,5-6,14H,3-4,7H2. The van der Waals surface area contributed by atoms with Gasteiger partial charge < -0.3 is 10.1 Å². The molecule has 3 nitrogen and oxygen atoms in total. The minimum atomic E-state index is -0.239. The Hall–Kier alpha value is -1.68. The van der Waals surface area contributed by atoms with Crippen LogP contribution in [0, 0.1) is 5.82 Å². The van der Waals surface area contributed by atoms with E-state index >= 15 is 0 Å². The van der Waals surface area contributed by atoms with Crippen LogP contribution in [0.2, 0.25) is 0 Å². The van der Waals surface area contributed by atoms with Crippen molar-refractivity contribution in [1.82, 2.24) is 10.3 Å². The average Bonchev–Trinajstić information content (AvgIpc) is 2.50. The van der Waals surface area contributed by atoms with Crippen molar-refractivity contribution < 1.29 is 9.13 Å². The van der Waals surface area contributed by atoms with Crippen LogP contribution in [0.3, 0.4) is 0 Å². The van der Waals surface area contributed by atoms with Crippen molar-refractivity contribution in [2.24, 2.45) is 0 Å². The maximum atomic E-state index is 13.1. The van der Waals surface area contributed by atoms with Gasteiger partial charge >= 0.3 is 0 Å². The summed E-state index contributed by atoms with van der Waals surface area (Å²) in [6, 6.07) is 6.51. The number of aromatic nitrogens is 1. The van der Waals surface area contributed by atoms with Crippen molar-refractivity contribution in [3.8, 4) is 5.88 Å². The van der Waals surface area contributed by atoms with Crippen LogP contribution in [0.1, 0.15) is 5.56 Å². The van der Waals surface area contributed by atoms with Crippen LogP contribution in [0.25, 0.3) is 10.9 Å². The first-order valence-corrected chi connectivity index (χ1v) is 5.26. The number of hydrogen-bond donors (Lipinski definition) is 1. The van der Waals surface area contributed by atoms with Crippen LogP contribution in [0.5, 0.6) is 5.88 Å². The molecule has 0 aliphatic carbocycles. The van der Waals surface area contributed by atoms with E-state index in [1.807, 2.05) is 6.07 Å². The van der Waals surface area contributed by atoms with E-state index in [1.165, 1.54) is 12.1 Å². The Balaban J connectivity index is 2.20. The molecule has 0 bridgehead atoms. The maximum absolute atomic E-state index is 13.1. The molecule has 0 spiro atoms. The Labute approximate surface area is 92.3 Å². The molecule has 0 saturated heterocycles. The van der Waals surface area contributed by atoms with E-state index in [2.05, 4.69) is 10.3 Å². The molecule has 2 aromatic rings. The second kappa shape index (κ2) is 3.72. The summed E-state index contributed by atoms with van der Waals surface area (Å²) in [6.45, 7) is 2.14. The molecule has 0 saturated carbocycles. The predicted molar refractivity (Wildman–Crippen MR) is 58.9 cm³/mol. The largest absolute Gasteiger partial charge is 0.476 e. The van der Waals surface area contributed by atoms with Gasteiger partial charge in [-0.2, -0.15) is 0 Å². The normalized spacial score (nSPS) is 15.3. The highest BCUT2D eigenvalue weighted by Gasteiger charge is 2.11. The van der Waals surface area contributed by atoms with Gasteiger partial charge in [0.1, 0.15) is 12.4 Å². The first-order valence-electron chi connectivity index (χ1n) is 5.26. The number of nitrogens with zero attached hydrogens (tertiary/aromatic N) is 1. The molecule has 1 aromatic carbocycles. The summed E-state index contributed by atoms with van der Waals surface area (Å²) in [6.07, 6.45) is 0. The van der Waals surface area contributed by atoms with Crippen LogP contribution in [0.15, 0.2) is 24.3 Å². The Bertz CT molecular complexity index is 542. The topological polar surface area (TPSA) is 34.2 Å². The smallest absolute Gasteiger partial charge is 0.218 e. The van der Waals surface area contributed by atoms with Crippen molar-refractivity contribution in [3.05, 3.63) is 35.6 Å². The minimum Gasteiger partial charge on any atom is -0.476 e. The molecular formula is C12H11FN2O. The van der Waals surface area contributed by atoms with Crippen LogP contribution >= 0.6 is 0 Å². The first kappa shape index (κ1) is 9.54. The lowest BCUT2D eigenvalue weighted by Crippen LogP contribution is -2.16. The number of hydrogen-bond acceptors (Lipinski definition) is 3. The summed E-state index contributed by atoms with van der Waals surface area (Å²) < 4.78 is 18.6. The second-order valence-electron chi connectivity index (χ2n) is 3.81. The van der Waals surface area contributed by atoms with Gasteiger partial charge in [0.2, 0.25) is 5.88 Å². The lowest BCUT2D eigenvalue weighted by Gasteiger charge is -2.07. The fraction of sp³-hybridized carbons (Fsp3) is 0.250. The van der Waals surface area contributed by atoms with Gasteiger partial charge in [-0.25, -0.2) is 9.37 Å². The van der Waals surface area contributed by atoms with Gasteiger partial charge in [-0.05, 0) is 24.3 Å². The Morgan fingerprint density at radius 2 is 2.25 bits per heavy atom. The third kappa shape index (κ3) is 1.61. The average molecular weight is 218 g/mol. The molecule has 1 aliphatic heterocycles. The number of ether oxygens (including phenoxy) is 1. The summed E-state index contributed by atoms with van der Waals surface area (Å²) in [4.78, 5) is 4.39. The van der Waals surface area contributed by atoms with Gasteiger partial charge in [0, 0.05) is 24.0 Å². The SMILES string of the molecule is Fc1ccc2nc3c(cc2c1)CNCCO3. The first-order chi connectivity index (χ1) is 7.83. The highest BCUT2D eigenvalue weighted by Crippen LogP contribution is 2.23. The summed E-state index contributed by atoms with van der Waals surface area (Å²) in [5.74, 6) is 0.417. The molecule has 1 aliphatic rings. The Morgan fingerprint density at radius 1 is 1.31 bits per heavy atom. The third-order valence-electron chi connectivity index (χ3n) is 2.65. The van der Waals surface area contributed by atoms with Crippen molar-refractivity contribution in [2.45, 2.75) is 6.54 Å². The maximum Gasteiger partial charge on any atom is 0.218 e. The number of halogens is 1. The lowest BCUT2D eigenvalue weighted by molar-refractivity contribution is 0.315. The fourth-order valence-corrected chi connectivity index (χ4v) is 1.87.